The second-order valence-corrected chi connectivity index (χ2v) is 17.8. The maximum absolute atomic E-state index is 14.5. The summed E-state index contributed by atoms with van der Waals surface area (Å²) in [6.45, 7) is 18.2. The Morgan fingerprint density at radius 2 is 1.75 bits per heavy atom. The molecule has 13 heteroatoms. The van der Waals surface area contributed by atoms with Gasteiger partial charge in [-0.1, -0.05) is 32.9 Å². The molecule has 1 aromatic carbocycles. The molecule has 288 valence electrons. The number of ether oxygens (including phenoxy) is 4. The molecule has 2 atom stereocenters. The van der Waals surface area contributed by atoms with Crippen LogP contribution in [0.25, 0.3) is 0 Å². The van der Waals surface area contributed by atoms with E-state index < -0.39 is 16.6 Å². The van der Waals surface area contributed by atoms with Gasteiger partial charge in [0.15, 0.2) is 0 Å². The van der Waals surface area contributed by atoms with E-state index in [1.165, 1.54) is 12.8 Å². The Morgan fingerprint density at radius 3 is 2.47 bits per heavy atom. The van der Waals surface area contributed by atoms with Crippen molar-refractivity contribution in [2.24, 2.45) is 17.2 Å². The first-order valence-electron chi connectivity index (χ1n) is 19.2. The number of nitrogens with zero attached hydrogens (tertiary/aromatic N) is 5. The SMILES string of the molecule is Cc1ccc(C(c2ccc(N(N)CC3CC3)c(N)c2C)C(C)(C)C)nc1CN1CC2(CCOCC2)Oc2nc(OCCN3CCOCC3)ccc2S1=O. The number of hydrogen-bond acceptors (Lipinski definition) is 11. The third kappa shape index (κ3) is 8.66. The van der Waals surface area contributed by atoms with Gasteiger partial charge in [0, 0.05) is 56.7 Å². The highest BCUT2D eigenvalue weighted by atomic mass is 32.2. The highest BCUT2D eigenvalue weighted by Crippen LogP contribution is 2.45. The van der Waals surface area contributed by atoms with Gasteiger partial charge in [-0.05, 0) is 72.9 Å². The van der Waals surface area contributed by atoms with Gasteiger partial charge in [-0.15, -0.1) is 0 Å². The molecule has 4 N–H and O–H groups in total. The summed E-state index contributed by atoms with van der Waals surface area (Å²) in [6.07, 6.45) is 3.78. The molecule has 12 nitrogen and oxygen atoms in total. The molecular weight excluding hydrogens is 691 g/mol. The number of rotatable bonds is 11. The van der Waals surface area contributed by atoms with E-state index in [1.54, 1.807) is 6.07 Å². The summed E-state index contributed by atoms with van der Waals surface area (Å²) in [7, 11) is -1.55. The highest BCUT2D eigenvalue weighted by molar-refractivity contribution is 7.82. The standard InChI is InChI=1S/C40H57N7O5S/c1-27-6-10-31(36(39(3,4)5)30-9-11-33(37(41)28(30)2)47(42)24-29-7-8-29)43-32(27)25-46-26-40(14-19-49-20-15-40)52-38-34(53(46)48)12-13-35(44-38)51-23-18-45-16-21-50-22-17-45/h6,9-13,29,36H,7-8,14-26,41-42H2,1-5H3. The molecule has 53 heavy (non-hydrogen) atoms. The van der Waals surface area contributed by atoms with Crippen molar-refractivity contribution in [2.45, 2.75) is 83.3 Å². The van der Waals surface area contributed by atoms with Crippen LogP contribution in [0.15, 0.2) is 41.3 Å². The van der Waals surface area contributed by atoms with Gasteiger partial charge in [-0.25, -0.2) is 14.4 Å². The number of anilines is 2. The first-order valence-corrected chi connectivity index (χ1v) is 20.3. The van der Waals surface area contributed by atoms with Gasteiger partial charge < -0.3 is 29.7 Å². The van der Waals surface area contributed by atoms with Gasteiger partial charge in [-0.2, -0.15) is 4.98 Å². The molecule has 7 rings (SSSR count). The molecule has 4 aliphatic rings. The molecule has 2 aromatic heterocycles. The molecule has 5 heterocycles. The number of pyridine rings is 2. The number of aromatic nitrogens is 2. The lowest BCUT2D eigenvalue weighted by Crippen LogP contribution is -2.49. The second-order valence-electron chi connectivity index (χ2n) is 16.3. The number of aryl methyl sites for hydroxylation is 1. The molecule has 0 radical (unpaired) electrons. The zero-order valence-electron chi connectivity index (χ0n) is 32.1. The Labute approximate surface area is 317 Å². The quantitative estimate of drug-likeness (QED) is 0.153. The Hall–Kier alpha value is -3.33. The topological polar surface area (TPSA) is 142 Å². The van der Waals surface area contributed by atoms with Gasteiger partial charge in [-0.3, -0.25) is 9.88 Å². The average molecular weight is 748 g/mol. The Balaban J connectivity index is 1.16. The van der Waals surface area contributed by atoms with Crippen molar-refractivity contribution in [1.29, 1.82) is 0 Å². The Bertz CT molecular complexity index is 1790. The van der Waals surface area contributed by atoms with Gasteiger partial charge >= 0.3 is 0 Å². The predicted octanol–water partition coefficient (Wildman–Crippen LogP) is 5.12. The van der Waals surface area contributed by atoms with Gasteiger partial charge in [0.25, 0.3) is 0 Å². The first-order chi connectivity index (χ1) is 25.4. The molecule has 3 aromatic rings. The molecule has 3 aliphatic heterocycles. The van der Waals surface area contributed by atoms with Crippen molar-refractivity contribution in [3.8, 4) is 11.8 Å². The van der Waals surface area contributed by atoms with E-state index in [-0.39, 0.29) is 11.3 Å². The molecule has 3 fully saturated rings. The maximum Gasteiger partial charge on any atom is 0.235 e. The second kappa shape index (κ2) is 15.8. The molecule has 0 bridgehead atoms. The summed E-state index contributed by atoms with van der Waals surface area (Å²) in [5.74, 6) is 7.93. The van der Waals surface area contributed by atoms with Crippen molar-refractivity contribution in [3.05, 3.63) is 64.5 Å². The lowest BCUT2D eigenvalue weighted by Gasteiger charge is -2.38. The van der Waals surface area contributed by atoms with Crippen LogP contribution in [0.5, 0.6) is 11.8 Å². The van der Waals surface area contributed by atoms with E-state index in [2.05, 4.69) is 63.8 Å². The third-order valence-corrected chi connectivity index (χ3v) is 12.6. The summed E-state index contributed by atoms with van der Waals surface area (Å²) < 4.78 is 40.6. The Morgan fingerprint density at radius 1 is 1.02 bits per heavy atom. The molecule has 2 saturated heterocycles. The smallest absolute Gasteiger partial charge is 0.235 e. The highest BCUT2D eigenvalue weighted by Gasteiger charge is 2.43. The Kier molecular flexibility index (Phi) is 11.3. The molecule has 2 unspecified atom stereocenters. The van der Waals surface area contributed by atoms with Gasteiger partial charge in [0.1, 0.15) is 28.1 Å². The summed E-state index contributed by atoms with van der Waals surface area (Å²) in [5, 5.41) is 1.81. The van der Waals surface area contributed by atoms with Crippen molar-refractivity contribution in [3.63, 3.8) is 0 Å². The molecule has 1 saturated carbocycles. The fourth-order valence-corrected chi connectivity index (χ4v) is 9.08. The normalized spacial score (nSPS) is 21.4. The van der Waals surface area contributed by atoms with Crippen LogP contribution in [0.1, 0.15) is 80.5 Å². The van der Waals surface area contributed by atoms with Crippen molar-refractivity contribution < 1.29 is 23.2 Å². The van der Waals surface area contributed by atoms with Crippen LogP contribution < -0.4 is 26.1 Å². The number of morpholine rings is 1. The minimum absolute atomic E-state index is 0.0424. The van der Waals surface area contributed by atoms with Gasteiger partial charge in [0.05, 0.1) is 56.6 Å². The van der Waals surface area contributed by atoms with E-state index in [0.29, 0.717) is 74.0 Å². The van der Waals surface area contributed by atoms with E-state index in [4.69, 9.17) is 40.5 Å². The zero-order valence-corrected chi connectivity index (χ0v) is 32.9. The number of hydrogen-bond donors (Lipinski definition) is 2. The molecule has 0 amide bonds. The summed E-state index contributed by atoms with van der Waals surface area (Å²) >= 11 is 0. The number of hydrazine groups is 1. The largest absolute Gasteiger partial charge is 0.476 e. The fourth-order valence-electron chi connectivity index (χ4n) is 7.79. The maximum atomic E-state index is 14.5. The fraction of sp³-hybridized carbons (Fsp3) is 0.600. The monoisotopic (exact) mass is 747 g/mol. The van der Waals surface area contributed by atoms with E-state index in [0.717, 1.165) is 73.2 Å². The van der Waals surface area contributed by atoms with Crippen LogP contribution in [0, 0.1) is 25.2 Å². The van der Waals surface area contributed by atoms with Crippen LogP contribution in [-0.2, 0) is 27.0 Å². The van der Waals surface area contributed by atoms with Crippen LogP contribution >= 0.6 is 0 Å². The van der Waals surface area contributed by atoms with Crippen molar-refractivity contribution in [2.75, 3.05) is 76.5 Å². The zero-order chi connectivity index (χ0) is 37.3. The molecule has 1 aliphatic carbocycles. The number of benzene rings is 1. The summed E-state index contributed by atoms with van der Waals surface area (Å²) in [6, 6.07) is 12.1. The molecule has 1 spiro atoms. The van der Waals surface area contributed by atoms with Crippen LogP contribution in [0.2, 0.25) is 0 Å². The van der Waals surface area contributed by atoms with E-state index in [1.807, 2.05) is 15.4 Å². The predicted molar refractivity (Wildman–Crippen MR) is 207 cm³/mol. The summed E-state index contributed by atoms with van der Waals surface area (Å²) in [4.78, 5) is 13.0. The van der Waals surface area contributed by atoms with Crippen LogP contribution in [0.4, 0.5) is 11.4 Å². The summed E-state index contributed by atoms with van der Waals surface area (Å²) in [5.41, 5.74) is 12.6. The van der Waals surface area contributed by atoms with Crippen molar-refractivity contribution in [1.82, 2.24) is 19.2 Å². The number of nitrogens with two attached hydrogens (primary N) is 2. The van der Waals surface area contributed by atoms with Crippen molar-refractivity contribution >= 4 is 22.4 Å². The minimum atomic E-state index is -1.55. The minimum Gasteiger partial charge on any atom is -0.476 e. The average Bonchev–Trinajstić information content (AvgIpc) is 3.96. The van der Waals surface area contributed by atoms with E-state index in [9.17, 15) is 4.21 Å². The first kappa shape index (κ1) is 38.0. The number of fused-ring (bicyclic) bond motifs is 1. The van der Waals surface area contributed by atoms with Crippen LogP contribution in [0.3, 0.4) is 0 Å². The van der Waals surface area contributed by atoms with Crippen LogP contribution in [-0.4, -0.2) is 94.7 Å². The third-order valence-electron chi connectivity index (χ3n) is 11.2. The van der Waals surface area contributed by atoms with Gasteiger partial charge in [0.2, 0.25) is 11.8 Å². The lowest BCUT2D eigenvalue weighted by molar-refractivity contribution is -0.0554. The lowest BCUT2D eigenvalue weighted by atomic mass is 9.73. The van der Waals surface area contributed by atoms with E-state index >= 15 is 0 Å². The number of nitrogen functional groups attached to an aromatic ring is 1. The molecular formula is C40H57N7O5S.